The molecule has 0 unspecified atom stereocenters. The lowest BCUT2D eigenvalue weighted by atomic mass is 10.2. The third-order valence-electron chi connectivity index (χ3n) is 4.11. The fourth-order valence-electron chi connectivity index (χ4n) is 2.60. The number of halogens is 1. The second-order valence-electron chi connectivity index (χ2n) is 6.13. The molecular weight excluding hydrogens is 349 g/mol. The van der Waals surface area contributed by atoms with Gasteiger partial charge in [-0.05, 0) is 35.9 Å². The molecule has 1 fully saturated rings. The Labute approximate surface area is 157 Å². The summed E-state index contributed by atoms with van der Waals surface area (Å²) in [5.41, 5.74) is 3.85. The molecule has 142 valence electrons. The first-order chi connectivity index (χ1) is 13.2. The summed E-state index contributed by atoms with van der Waals surface area (Å²) in [6.45, 7) is 3.29. The van der Waals surface area contributed by atoms with E-state index in [4.69, 9.17) is 9.47 Å². The maximum absolute atomic E-state index is 13.6. The molecule has 1 N–H and O–H groups in total. The molecule has 1 amide bonds. The van der Waals surface area contributed by atoms with E-state index in [0.717, 1.165) is 18.7 Å². The van der Waals surface area contributed by atoms with E-state index in [1.54, 1.807) is 36.5 Å². The maximum atomic E-state index is 13.6. The van der Waals surface area contributed by atoms with Gasteiger partial charge in [-0.25, -0.2) is 9.82 Å². The molecule has 3 rings (SSSR count). The molecule has 2 aromatic carbocycles. The first kappa shape index (κ1) is 19.0. The minimum atomic E-state index is -0.283. The van der Waals surface area contributed by atoms with Crippen LogP contribution >= 0.6 is 0 Å². The Bertz CT molecular complexity index is 774. The van der Waals surface area contributed by atoms with Crippen molar-refractivity contribution in [1.82, 2.24) is 10.3 Å². The summed E-state index contributed by atoms with van der Waals surface area (Å²) in [6.07, 6.45) is 1.57. The Morgan fingerprint density at radius 1 is 1.19 bits per heavy atom. The maximum Gasteiger partial charge on any atom is 0.254 e. The van der Waals surface area contributed by atoms with Gasteiger partial charge >= 0.3 is 0 Å². The van der Waals surface area contributed by atoms with E-state index < -0.39 is 0 Å². The van der Waals surface area contributed by atoms with Crippen LogP contribution in [-0.4, -0.2) is 49.9 Å². The zero-order chi connectivity index (χ0) is 18.9. The molecule has 1 aliphatic rings. The van der Waals surface area contributed by atoms with E-state index >= 15 is 0 Å². The Morgan fingerprint density at radius 3 is 2.67 bits per heavy atom. The van der Waals surface area contributed by atoms with Crippen LogP contribution in [0.15, 0.2) is 53.6 Å². The van der Waals surface area contributed by atoms with E-state index in [-0.39, 0.29) is 18.3 Å². The number of benzene rings is 2. The minimum absolute atomic E-state index is 0.155. The highest BCUT2D eigenvalue weighted by molar-refractivity contribution is 5.83. The van der Waals surface area contributed by atoms with Gasteiger partial charge in [-0.3, -0.25) is 9.69 Å². The second-order valence-corrected chi connectivity index (χ2v) is 6.13. The quantitative estimate of drug-likeness (QED) is 0.599. The number of nitrogens with one attached hydrogen (secondary N) is 1. The summed E-state index contributed by atoms with van der Waals surface area (Å²) in [5, 5.41) is 3.97. The molecule has 2 aromatic rings. The van der Waals surface area contributed by atoms with Crippen molar-refractivity contribution in [1.29, 1.82) is 0 Å². The third kappa shape index (κ3) is 6.16. The van der Waals surface area contributed by atoms with Crippen molar-refractivity contribution in [2.24, 2.45) is 5.10 Å². The summed E-state index contributed by atoms with van der Waals surface area (Å²) >= 11 is 0. The molecule has 0 bridgehead atoms. The first-order valence-electron chi connectivity index (χ1n) is 8.79. The number of ether oxygens (including phenoxy) is 2. The molecule has 0 saturated carbocycles. The van der Waals surface area contributed by atoms with Gasteiger partial charge in [0.25, 0.3) is 5.91 Å². The van der Waals surface area contributed by atoms with E-state index in [0.29, 0.717) is 31.1 Å². The van der Waals surface area contributed by atoms with Crippen LogP contribution in [-0.2, 0) is 16.1 Å². The molecule has 1 heterocycles. The van der Waals surface area contributed by atoms with Crippen molar-refractivity contribution < 1.29 is 18.7 Å². The van der Waals surface area contributed by atoms with Gasteiger partial charge in [-0.2, -0.15) is 5.10 Å². The molecule has 0 aromatic heterocycles. The van der Waals surface area contributed by atoms with Crippen LogP contribution in [0.1, 0.15) is 11.1 Å². The largest absolute Gasteiger partial charge is 0.489 e. The summed E-state index contributed by atoms with van der Waals surface area (Å²) < 4.78 is 24.4. The number of hydrazone groups is 1. The van der Waals surface area contributed by atoms with Crippen molar-refractivity contribution in [2.45, 2.75) is 6.61 Å². The summed E-state index contributed by atoms with van der Waals surface area (Å²) in [5.74, 6) is 0.193. The second kappa shape index (κ2) is 9.80. The highest BCUT2D eigenvalue weighted by Gasteiger charge is 2.13. The monoisotopic (exact) mass is 371 g/mol. The number of carbonyl (C=O) groups is 1. The zero-order valence-electron chi connectivity index (χ0n) is 14.9. The van der Waals surface area contributed by atoms with Crippen LogP contribution < -0.4 is 10.2 Å². The van der Waals surface area contributed by atoms with E-state index in [1.807, 2.05) is 17.0 Å². The van der Waals surface area contributed by atoms with Crippen LogP contribution in [0.5, 0.6) is 5.75 Å². The fourth-order valence-corrected chi connectivity index (χ4v) is 2.60. The Hall–Kier alpha value is -2.77. The number of nitrogens with zero attached hydrogens (tertiary/aromatic N) is 2. The lowest BCUT2D eigenvalue weighted by Crippen LogP contribution is -2.42. The van der Waals surface area contributed by atoms with Crippen LogP contribution in [0.3, 0.4) is 0 Å². The lowest BCUT2D eigenvalue weighted by molar-refractivity contribution is -0.123. The van der Waals surface area contributed by atoms with E-state index in [2.05, 4.69) is 10.5 Å². The Kier molecular flexibility index (Phi) is 6.90. The van der Waals surface area contributed by atoms with Crippen molar-refractivity contribution in [3.05, 3.63) is 65.5 Å². The average molecular weight is 371 g/mol. The fraction of sp³-hybridized carbons (Fsp3) is 0.300. The van der Waals surface area contributed by atoms with Crippen LogP contribution in [0, 0.1) is 5.82 Å². The number of amides is 1. The minimum Gasteiger partial charge on any atom is -0.489 e. The highest BCUT2D eigenvalue weighted by atomic mass is 19.1. The molecule has 7 heteroatoms. The Balaban J connectivity index is 1.43. The van der Waals surface area contributed by atoms with Gasteiger partial charge in [0, 0.05) is 18.7 Å². The molecular formula is C20H22FN3O3. The smallest absolute Gasteiger partial charge is 0.254 e. The molecule has 0 spiro atoms. The first-order valence-corrected chi connectivity index (χ1v) is 8.79. The molecule has 27 heavy (non-hydrogen) atoms. The number of carbonyl (C=O) groups excluding carboxylic acids is 1. The Morgan fingerprint density at radius 2 is 1.93 bits per heavy atom. The van der Waals surface area contributed by atoms with Crippen LogP contribution in [0.25, 0.3) is 0 Å². The predicted octanol–water partition coefficient (Wildman–Crippen LogP) is 2.19. The van der Waals surface area contributed by atoms with Crippen molar-refractivity contribution in [2.75, 3.05) is 32.8 Å². The van der Waals surface area contributed by atoms with Crippen LogP contribution in [0.2, 0.25) is 0 Å². The van der Waals surface area contributed by atoms with Gasteiger partial charge in [0.05, 0.1) is 26.0 Å². The SMILES string of the molecule is O=C(CN1CCOCC1)N/N=C/c1ccc(OCc2ccccc2F)cc1. The average Bonchev–Trinajstić information content (AvgIpc) is 2.69. The lowest BCUT2D eigenvalue weighted by Gasteiger charge is -2.25. The van der Waals surface area contributed by atoms with E-state index in [9.17, 15) is 9.18 Å². The standard InChI is InChI=1S/C20H22FN3O3/c21-19-4-2-1-3-17(19)15-27-18-7-5-16(6-8-18)13-22-23-20(25)14-24-9-11-26-12-10-24/h1-8,13H,9-12,14-15H2,(H,23,25)/b22-13+. The normalized spacial score (nSPS) is 15.0. The van der Waals surface area contributed by atoms with Crippen molar-refractivity contribution >= 4 is 12.1 Å². The number of hydrogen-bond donors (Lipinski definition) is 1. The molecule has 0 radical (unpaired) electrons. The predicted molar refractivity (Wildman–Crippen MR) is 100 cm³/mol. The van der Waals surface area contributed by atoms with Gasteiger partial charge in [0.1, 0.15) is 18.2 Å². The molecule has 1 saturated heterocycles. The van der Waals surface area contributed by atoms with Crippen molar-refractivity contribution in [3.8, 4) is 5.75 Å². The van der Waals surface area contributed by atoms with Gasteiger partial charge in [0.2, 0.25) is 0 Å². The topological polar surface area (TPSA) is 63.2 Å². The van der Waals surface area contributed by atoms with Gasteiger partial charge in [0.15, 0.2) is 0 Å². The van der Waals surface area contributed by atoms with Gasteiger partial charge < -0.3 is 9.47 Å². The van der Waals surface area contributed by atoms with Crippen molar-refractivity contribution in [3.63, 3.8) is 0 Å². The molecule has 0 atom stereocenters. The van der Waals surface area contributed by atoms with Gasteiger partial charge in [-0.1, -0.05) is 18.2 Å². The van der Waals surface area contributed by atoms with E-state index in [1.165, 1.54) is 6.07 Å². The summed E-state index contributed by atoms with van der Waals surface area (Å²) in [7, 11) is 0. The van der Waals surface area contributed by atoms with Gasteiger partial charge in [-0.15, -0.1) is 0 Å². The molecule has 0 aliphatic carbocycles. The summed E-state index contributed by atoms with van der Waals surface area (Å²) in [6, 6.07) is 13.7. The highest BCUT2D eigenvalue weighted by Crippen LogP contribution is 2.15. The third-order valence-corrected chi connectivity index (χ3v) is 4.11. The number of morpholine rings is 1. The number of rotatable bonds is 7. The van der Waals surface area contributed by atoms with Crippen LogP contribution in [0.4, 0.5) is 4.39 Å². The number of hydrogen-bond acceptors (Lipinski definition) is 5. The molecule has 1 aliphatic heterocycles. The summed E-state index contributed by atoms with van der Waals surface area (Å²) in [4.78, 5) is 13.9. The molecule has 6 nitrogen and oxygen atoms in total. The zero-order valence-corrected chi connectivity index (χ0v) is 14.9.